The van der Waals surface area contributed by atoms with Crippen LogP contribution < -0.4 is 0 Å². The minimum atomic E-state index is -0.768. The molecule has 0 rings (SSSR count). The van der Waals surface area contributed by atoms with Crippen LogP contribution in [0.4, 0.5) is 0 Å². The van der Waals surface area contributed by atoms with Crippen molar-refractivity contribution in [1.29, 1.82) is 0 Å². The van der Waals surface area contributed by atoms with Crippen LogP contribution in [0, 0.1) is 0 Å². The predicted octanol–water partition coefficient (Wildman–Crippen LogP) is 18.3. The van der Waals surface area contributed by atoms with Gasteiger partial charge < -0.3 is 14.2 Å². The summed E-state index contributed by atoms with van der Waals surface area (Å²) in [6.45, 7) is 6.52. The summed E-state index contributed by atoms with van der Waals surface area (Å²) in [7, 11) is 0. The second kappa shape index (κ2) is 53.0. The highest BCUT2D eigenvalue weighted by molar-refractivity contribution is 5.71. The summed E-state index contributed by atoms with van der Waals surface area (Å²) in [6.07, 6.45) is 64.0. The van der Waals surface area contributed by atoms with Crippen LogP contribution in [0.3, 0.4) is 0 Å². The normalized spacial score (nSPS) is 12.4. The number of hydrogen-bond acceptors (Lipinski definition) is 6. The van der Waals surface area contributed by atoms with Gasteiger partial charge in [-0.2, -0.15) is 0 Å². The number of carbonyl (C=O) groups excluding carboxylic acids is 3. The van der Waals surface area contributed by atoms with Gasteiger partial charge in [0.15, 0.2) is 6.10 Å². The van der Waals surface area contributed by atoms with E-state index in [-0.39, 0.29) is 31.1 Å². The van der Waals surface area contributed by atoms with E-state index in [9.17, 15) is 14.4 Å². The summed E-state index contributed by atoms with van der Waals surface area (Å²) in [4.78, 5) is 37.9. The lowest BCUT2D eigenvalue weighted by molar-refractivity contribution is -0.167. The maximum absolute atomic E-state index is 12.8. The monoisotopic (exact) mass is 897 g/mol. The second-order valence-corrected chi connectivity index (χ2v) is 18.5. The average molecular weight is 897 g/mol. The molecule has 0 aliphatic rings. The molecule has 0 amide bonds. The standard InChI is InChI=1S/C58H104O6/c1-4-7-10-13-16-19-21-23-25-26-27-28-29-30-31-32-34-35-37-39-42-45-48-51-57(60)63-54-55(53-62-56(59)50-47-44-41-18-15-12-9-6-3)64-58(61)52-49-46-43-40-38-36-33-24-22-20-17-14-11-8-5-2/h7,10,16,19,23,25,27-28,55H,4-6,8-9,11-15,17-18,20-22,24,26,29-54H2,1-3H3/b10-7-,19-16-,25-23-,28-27-. The lowest BCUT2D eigenvalue weighted by Crippen LogP contribution is -2.30. The Morgan fingerprint density at radius 3 is 0.953 bits per heavy atom. The topological polar surface area (TPSA) is 78.9 Å². The SMILES string of the molecule is CC/C=C\C/C=C\C/C=C\C/C=C\CCCCCCCCCCCCC(=O)OCC(COC(=O)CCCCCCCCCC)OC(=O)CCCCCCCCCCCCCCCCC. The van der Waals surface area contributed by atoms with Crippen molar-refractivity contribution in [3.8, 4) is 0 Å². The zero-order chi connectivity index (χ0) is 46.5. The van der Waals surface area contributed by atoms with Crippen molar-refractivity contribution in [3.63, 3.8) is 0 Å². The molecule has 0 spiro atoms. The first kappa shape index (κ1) is 61.4. The minimum Gasteiger partial charge on any atom is -0.462 e. The number of ether oxygens (including phenoxy) is 3. The van der Waals surface area contributed by atoms with Crippen molar-refractivity contribution >= 4 is 17.9 Å². The van der Waals surface area contributed by atoms with Crippen molar-refractivity contribution in [2.45, 2.75) is 290 Å². The fraction of sp³-hybridized carbons (Fsp3) is 0.810. The summed E-state index contributed by atoms with van der Waals surface area (Å²) in [5.74, 6) is -0.867. The zero-order valence-electron chi connectivity index (χ0n) is 42.6. The molecule has 6 nitrogen and oxygen atoms in total. The summed E-state index contributed by atoms with van der Waals surface area (Å²) < 4.78 is 16.8. The van der Waals surface area contributed by atoms with E-state index in [1.54, 1.807) is 0 Å². The van der Waals surface area contributed by atoms with Gasteiger partial charge in [0, 0.05) is 19.3 Å². The minimum absolute atomic E-state index is 0.0704. The van der Waals surface area contributed by atoms with Crippen molar-refractivity contribution in [1.82, 2.24) is 0 Å². The Kier molecular flexibility index (Phi) is 50.8. The smallest absolute Gasteiger partial charge is 0.306 e. The van der Waals surface area contributed by atoms with Gasteiger partial charge in [-0.3, -0.25) is 14.4 Å². The van der Waals surface area contributed by atoms with Crippen LogP contribution in [-0.4, -0.2) is 37.2 Å². The number of unbranched alkanes of at least 4 members (excludes halogenated alkanes) is 31. The molecule has 0 saturated heterocycles. The number of rotatable bonds is 50. The molecule has 0 aromatic rings. The van der Waals surface area contributed by atoms with Gasteiger partial charge in [-0.05, 0) is 57.8 Å². The van der Waals surface area contributed by atoms with Crippen molar-refractivity contribution in [2.75, 3.05) is 13.2 Å². The first-order chi connectivity index (χ1) is 31.5. The highest BCUT2D eigenvalue weighted by atomic mass is 16.6. The molecule has 0 aliphatic carbocycles. The third-order valence-corrected chi connectivity index (χ3v) is 12.1. The summed E-state index contributed by atoms with van der Waals surface area (Å²) in [6, 6.07) is 0. The van der Waals surface area contributed by atoms with Crippen molar-refractivity contribution in [3.05, 3.63) is 48.6 Å². The Morgan fingerprint density at radius 2 is 0.609 bits per heavy atom. The van der Waals surface area contributed by atoms with E-state index in [1.165, 1.54) is 161 Å². The number of esters is 3. The fourth-order valence-corrected chi connectivity index (χ4v) is 7.96. The maximum Gasteiger partial charge on any atom is 0.306 e. The van der Waals surface area contributed by atoms with E-state index >= 15 is 0 Å². The lowest BCUT2D eigenvalue weighted by atomic mass is 10.0. The Labute approximate surface area is 397 Å². The van der Waals surface area contributed by atoms with Crippen LogP contribution in [0.15, 0.2) is 48.6 Å². The van der Waals surface area contributed by atoms with Crippen LogP contribution >= 0.6 is 0 Å². The molecule has 6 heteroatoms. The van der Waals surface area contributed by atoms with E-state index < -0.39 is 6.10 Å². The molecule has 0 N–H and O–H groups in total. The van der Waals surface area contributed by atoms with Gasteiger partial charge in [0.25, 0.3) is 0 Å². The van der Waals surface area contributed by atoms with E-state index in [4.69, 9.17) is 14.2 Å². The molecule has 0 aromatic carbocycles. The molecule has 0 aromatic heterocycles. The third kappa shape index (κ3) is 50.4. The Morgan fingerprint density at radius 1 is 0.328 bits per heavy atom. The molecule has 0 saturated carbocycles. The largest absolute Gasteiger partial charge is 0.462 e. The molecule has 64 heavy (non-hydrogen) atoms. The summed E-state index contributed by atoms with van der Waals surface area (Å²) in [5.41, 5.74) is 0. The van der Waals surface area contributed by atoms with Gasteiger partial charge in [-0.1, -0.05) is 256 Å². The average Bonchev–Trinajstić information content (AvgIpc) is 3.29. The molecule has 372 valence electrons. The lowest BCUT2D eigenvalue weighted by Gasteiger charge is -2.18. The Balaban J connectivity index is 4.20. The molecular weight excluding hydrogens is 793 g/mol. The Hall–Kier alpha value is -2.63. The van der Waals surface area contributed by atoms with Crippen LogP contribution in [0.5, 0.6) is 0 Å². The fourth-order valence-electron chi connectivity index (χ4n) is 7.96. The van der Waals surface area contributed by atoms with Gasteiger partial charge in [-0.25, -0.2) is 0 Å². The number of hydrogen-bond donors (Lipinski definition) is 0. The maximum atomic E-state index is 12.8. The molecule has 0 aliphatic heterocycles. The third-order valence-electron chi connectivity index (χ3n) is 12.1. The van der Waals surface area contributed by atoms with Crippen LogP contribution in [0.2, 0.25) is 0 Å². The highest BCUT2D eigenvalue weighted by Crippen LogP contribution is 2.16. The molecule has 1 unspecified atom stereocenters. The number of allylic oxidation sites excluding steroid dienone is 8. The summed E-state index contributed by atoms with van der Waals surface area (Å²) >= 11 is 0. The van der Waals surface area contributed by atoms with Gasteiger partial charge in [0.1, 0.15) is 13.2 Å². The molecular formula is C58H104O6. The van der Waals surface area contributed by atoms with Crippen molar-refractivity contribution in [2.24, 2.45) is 0 Å². The van der Waals surface area contributed by atoms with Crippen LogP contribution in [0.1, 0.15) is 284 Å². The van der Waals surface area contributed by atoms with E-state index in [0.29, 0.717) is 19.3 Å². The van der Waals surface area contributed by atoms with Gasteiger partial charge in [-0.15, -0.1) is 0 Å². The molecule has 0 fully saturated rings. The van der Waals surface area contributed by atoms with Gasteiger partial charge in [0.2, 0.25) is 0 Å². The highest BCUT2D eigenvalue weighted by Gasteiger charge is 2.19. The molecule has 0 bridgehead atoms. The predicted molar refractivity (Wildman–Crippen MR) is 275 cm³/mol. The van der Waals surface area contributed by atoms with E-state index in [0.717, 1.165) is 83.5 Å². The van der Waals surface area contributed by atoms with Crippen molar-refractivity contribution < 1.29 is 28.6 Å². The quantitative estimate of drug-likeness (QED) is 0.0262. The van der Waals surface area contributed by atoms with E-state index in [1.807, 2.05) is 0 Å². The molecule has 1 atom stereocenters. The number of carbonyl (C=O) groups is 3. The van der Waals surface area contributed by atoms with Crippen LogP contribution in [0.25, 0.3) is 0 Å². The Bertz CT molecular complexity index is 1120. The molecule has 0 radical (unpaired) electrons. The van der Waals surface area contributed by atoms with Gasteiger partial charge >= 0.3 is 17.9 Å². The van der Waals surface area contributed by atoms with E-state index in [2.05, 4.69) is 69.4 Å². The zero-order valence-corrected chi connectivity index (χ0v) is 42.6. The second-order valence-electron chi connectivity index (χ2n) is 18.5. The van der Waals surface area contributed by atoms with Crippen LogP contribution in [-0.2, 0) is 28.6 Å². The first-order valence-corrected chi connectivity index (χ1v) is 27.6. The summed E-state index contributed by atoms with van der Waals surface area (Å²) in [5, 5.41) is 0. The first-order valence-electron chi connectivity index (χ1n) is 27.6. The van der Waals surface area contributed by atoms with Gasteiger partial charge in [0.05, 0.1) is 0 Å². The molecule has 0 heterocycles.